The van der Waals surface area contributed by atoms with E-state index in [9.17, 15) is 12.8 Å². The Labute approximate surface area is 121 Å². The molecule has 21 heavy (non-hydrogen) atoms. The molecule has 1 N–H and O–H groups in total. The van der Waals surface area contributed by atoms with Crippen LogP contribution in [0.3, 0.4) is 0 Å². The van der Waals surface area contributed by atoms with Gasteiger partial charge in [-0.05, 0) is 36.4 Å². The second kappa shape index (κ2) is 6.15. The highest BCUT2D eigenvalue weighted by molar-refractivity contribution is 8.07. The van der Waals surface area contributed by atoms with Gasteiger partial charge in [0.05, 0.1) is 10.6 Å². The maximum absolute atomic E-state index is 12.8. The van der Waals surface area contributed by atoms with Crippen molar-refractivity contribution >= 4 is 20.6 Å². The van der Waals surface area contributed by atoms with E-state index in [2.05, 4.69) is 10.5 Å². The molecule has 0 unspecified atom stereocenters. The Kier molecular flexibility index (Phi) is 4.30. The third-order valence-electron chi connectivity index (χ3n) is 2.53. The minimum absolute atomic E-state index is 0.0220. The molecule has 0 fully saturated rings. The van der Waals surface area contributed by atoms with Gasteiger partial charge < -0.3 is 0 Å². The van der Waals surface area contributed by atoms with E-state index in [-0.39, 0.29) is 4.90 Å². The summed E-state index contributed by atoms with van der Waals surface area (Å²) in [6.45, 7) is 0. The zero-order valence-corrected chi connectivity index (χ0v) is 11.5. The second-order valence-corrected chi connectivity index (χ2v) is 5.83. The maximum atomic E-state index is 12.8. The lowest BCUT2D eigenvalue weighted by Crippen LogP contribution is -2.15. The normalized spacial score (nSPS) is 11.7. The molecule has 106 valence electrons. The molecule has 2 aromatic rings. The number of halogens is 1. The van der Waals surface area contributed by atoms with E-state index < -0.39 is 20.7 Å². The Balaban J connectivity index is 2.29. The summed E-state index contributed by atoms with van der Waals surface area (Å²) in [5.41, 5.74) is 2.79. The van der Waals surface area contributed by atoms with Crippen molar-refractivity contribution in [1.29, 1.82) is 5.26 Å². The first-order chi connectivity index (χ1) is 10.0. The Morgan fingerprint density at radius 2 is 1.71 bits per heavy atom. The fourth-order valence-corrected chi connectivity index (χ4v) is 2.52. The summed E-state index contributed by atoms with van der Waals surface area (Å²) in [5.74, 6) is -0.429. The van der Waals surface area contributed by atoms with Crippen LogP contribution in [0.5, 0.6) is 0 Å². The van der Waals surface area contributed by atoms with Gasteiger partial charge in [-0.2, -0.15) is 10.4 Å². The second-order valence-electron chi connectivity index (χ2n) is 3.96. The monoisotopic (exact) mass is 303 g/mol. The predicted octanol–water partition coefficient (Wildman–Crippen LogP) is 2.55. The van der Waals surface area contributed by atoms with Crippen LogP contribution in [0.1, 0.15) is 0 Å². The number of nitrogens with zero attached hydrogens (tertiary/aromatic N) is 2. The van der Waals surface area contributed by atoms with Gasteiger partial charge >= 0.3 is 0 Å². The number of anilines is 1. The lowest BCUT2D eigenvalue weighted by Gasteiger charge is -2.03. The highest BCUT2D eigenvalue weighted by atomic mass is 32.2. The van der Waals surface area contributed by atoms with Crippen LogP contribution in [0, 0.1) is 17.1 Å². The molecule has 0 saturated heterocycles. The highest BCUT2D eigenvalue weighted by Gasteiger charge is 2.22. The van der Waals surface area contributed by atoms with Gasteiger partial charge in [-0.1, -0.05) is 18.2 Å². The molecule has 7 heteroatoms. The van der Waals surface area contributed by atoms with Crippen LogP contribution in [0.2, 0.25) is 0 Å². The molecule has 0 aliphatic carbocycles. The summed E-state index contributed by atoms with van der Waals surface area (Å²) in [7, 11) is -3.98. The number of hydrogen-bond donors (Lipinski definition) is 1. The van der Waals surface area contributed by atoms with Crippen molar-refractivity contribution in [3.05, 3.63) is 60.4 Å². The molecule has 0 spiro atoms. The molecule has 0 heterocycles. The van der Waals surface area contributed by atoms with Crippen molar-refractivity contribution in [2.75, 3.05) is 5.43 Å². The van der Waals surface area contributed by atoms with Crippen molar-refractivity contribution in [3.63, 3.8) is 0 Å². The first kappa shape index (κ1) is 14.7. The Morgan fingerprint density at radius 1 is 1.10 bits per heavy atom. The third kappa shape index (κ3) is 3.43. The van der Waals surface area contributed by atoms with E-state index in [0.29, 0.717) is 5.69 Å². The zero-order chi connectivity index (χ0) is 15.3. The lowest BCUT2D eigenvalue weighted by molar-refractivity contribution is 0.607. The number of nitriles is 1. The van der Waals surface area contributed by atoms with Crippen LogP contribution in [-0.4, -0.2) is 13.5 Å². The Hall–Kier alpha value is -2.72. The number of rotatable bonds is 3. The standard InChI is InChI=1S/C14H10FN3O2S/c15-11-6-8-12(9-7-11)17-18-14(10-16)21(19,20)13-4-2-1-3-5-13/h1-9,17H/b18-14-. The molecule has 0 radical (unpaired) electrons. The third-order valence-corrected chi connectivity index (χ3v) is 4.12. The van der Waals surface area contributed by atoms with Gasteiger partial charge in [0.25, 0.3) is 5.04 Å². The van der Waals surface area contributed by atoms with E-state index in [1.54, 1.807) is 24.3 Å². The van der Waals surface area contributed by atoms with Gasteiger partial charge in [0.2, 0.25) is 9.84 Å². The molecule has 0 aliphatic rings. The van der Waals surface area contributed by atoms with Crippen molar-refractivity contribution in [2.45, 2.75) is 4.90 Å². The van der Waals surface area contributed by atoms with E-state index in [1.165, 1.54) is 36.4 Å². The predicted molar refractivity (Wildman–Crippen MR) is 76.7 cm³/mol. The van der Waals surface area contributed by atoms with Gasteiger partial charge in [0, 0.05) is 0 Å². The van der Waals surface area contributed by atoms with Crippen LogP contribution in [0.15, 0.2) is 64.6 Å². The molecule has 0 atom stereocenters. The minimum Gasteiger partial charge on any atom is -0.277 e. The molecule has 0 aromatic heterocycles. The van der Waals surface area contributed by atoms with Gasteiger partial charge in [0.1, 0.15) is 11.9 Å². The SMILES string of the molecule is N#C/C(=N/Nc1ccc(F)cc1)S(=O)(=O)c1ccccc1. The molecule has 0 aliphatic heterocycles. The van der Waals surface area contributed by atoms with E-state index in [4.69, 9.17) is 5.26 Å². The summed E-state index contributed by atoms with van der Waals surface area (Å²) in [4.78, 5) is -0.0220. The maximum Gasteiger partial charge on any atom is 0.256 e. The molecule has 0 amide bonds. The number of nitrogens with one attached hydrogen (secondary N) is 1. The highest BCUT2D eigenvalue weighted by Crippen LogP contribution is 2.13. The first-order valence-electron chi connectivity index (χ1n) is 5.83. The lowest BCUT2D eigenvalue weighted by atomic mass is 10.3. The fraction of sp³-hybridized carbons (Fsp3) is 0. The van der Waals surface area contributed by atoms with Gasteiger partial charge in [-0.15, -0.1) is 0 Å². The molecule has 2 rings (SSSR count). The van der Waals surface area contributed by atoms with Gasteiger partial charge in [-0.3, -0.25) is 5.43 Å². The average Bonchev–Trinajstić information content (AvgIpc) is 2.50. The number of hydrazone groups is 1. The molecule has 2 aromatic carbocycles. The average molecular weight is 303 g/mol. The summed E-state index contributed by atoms with van der Waals surface area (Å²) < 4.78 is 37.1. The Bertz CT molecular complexity index is 794. The van der Waals surface area contributed by atoms with Crippen LogP contribution in [0.4, 0.5) is 10.1 Å². The van der Waals surface area contributed by atoms with Gasteiger partial charge in [0.15, 0.2) is 0 Å². The molecule has 0 bridgehead atoms. The quantitative estimate of drug-likeness (QED) is 0.536. The zero-order valence-electron chi connectivity index (χ0n) is 10.7. The largest absolute Gasteiger partial charge is 0.277 e. The van der Waals surface area contributed by atoms with Crippen molar-refractivity contribution in [1.82, 2.24) is 0 Å². The van der Waals surface area contributed by atoms with E-state index in [1.807, 2.05) is 0 Å². The molecule has 5 nitrogen and oxygen atoms in total. The molecule has 0 saturated carbocycles. The van der Waals surface area contributed by atoms with Crippen LogP contribution in [-0.2, 0) is 9.84 Å². The minimum atomic E-state index is -3.98. The number of benzene rings is 2. The van der Waals surface area contributed by atoms with Crippen molar-refractivity contribution in [3.8, 4) is 6.07 Å². The van der Waals surface area contributed by atoms with Crippen LogP contribution in [0.25, 0.3) is 0 Å². The van der Waals surface area contributed by atoms with Gasteiger partial charge in [-0.25, -0.2) is 12.8 Å². The van der Waals surface area contributed by atoms with Crippen molar-refractivity contribution in [2.24, 2.45) is 5.10 Å². The number of hydrogen-bond acceptors (Lipinski definition) is 5. The summed E-state index contributed by atoms with van der Waals surface area (Å²) in [6, 6.07) is 14.2. The molecular formula is C14H10FN3O2S. The Morgan fingerprint density at radius 3 is 2.29 bits per heavy atom. The van der Waals surface area contributed by atoms with Crippen molar-refractivity contribution < 1.29 is 12.8 Å². The van der Waals surface area contributed by atoms with Crippen LogP contribution >= 0.6 is 0 Å². The summed E-state index contributed by atoms with van der Waals surface area (Å²) >= 11 is 0. The van der Waals surface area contributed by atoms with Crippen LogP contribution < -0.4 is 5.43 Å². The fourth-order valence-electron chi connectivity index (χ4n) is 1.50. The summed E-state index contributed by atoms with van der Waals surface area (Å²) in [6.07, 6.45) is 0. The van der Waals surface area contributed by atoms with E-state index >= 15 is 0 Å². The summed E-state index contributed by atoms with van der Waals surface area (Å²) in [5, 5.41) is 11.9. The first-order valence-corrected chi connectivity index (χ1v) is 7.32. The van der Waals surface area contributed by atoms with E-state index in [0.717, 1.165) is 0 Å². The number of sulfone groups is 1. The smallest absolute Gasteiger partial charge is 0.256 e. The molecular weight excluding hydrogens is 293 g/mol. The topological polar surface area (TPSA) is 82.3 Å².